The van der Waals surface area contributed by atoms with Gasteiger partial charge in [-0.25, -0.2) is 0 Å². The number of hydrogen-bond acceptors (Lipinski definition) is 4. The van der Waals surface area contributed by atoms with Crippen molar-refractivity contribution in [2.45, 2.75) is 46.1 Å². The van der Waals surface area contributed by atoms with E-state index in [9.17, 15) is 0 Å². The van der Waals surface area contributed by atoms with Crippen molar-refractivity contribution in [2.75, 3.05) is 13.2 Å². The van der Waals surface area contributed by atoms with E-state index in [2.05, 4.69) is 62.5 Å². The summed E-state index contributed by atoms with van der Waals surface area (Å²) in [6, 6.07) is 14.6. The lowest BCUT2D eigenvalue weighted by Crippen LogP contribution is -2.19. The maximum Gasteiger partial charge on any atom is 0.161 e. The predicted octanol–water partition coefficient (Wildman–Crippen LogP) is 4.06. The fourth-order valence-electron chi connectivity index (χ4n) is 2.68. The number of fused-ring (bicyclic) bond motifs is 1. The van der Waals surface area contributed by atoms with Gasteiger partial charge in [-0.2, -0.15) is 0 Å². The minimum atomic E-state index is -0.119. The molecule has 0 spiro atoms. The average molecular weight is 341 g/mol. The third kappa shape index (κ3) is 5.48. The molecule has 0 aromatic heterocycles. The first-order valence-electron chi connectivity index (χ1n) is 8.81. The zero-order valence-corrected chi connectivity index (χ0v) is 15.3. The van der Waals surface area contributed by atoms with Gasteiger partial charge in [0.05, 0.1) is 12.2 Å². The molecule has 25 heavy (non-hydrogen) atoms. The van der Waals surface area contributed by atoms with Gasteiger partial charge in [0.25, 0.3) is 0 Å². The molecule has 4 nitrogen and oxygen atoms in total. The molecule has 4 heteroatoms. The van der Waals surface area contributed by atoms with E-state index in [4.69, 9.17) is 14.2 Å². The number of rotatable bonds is 6. The van der Waals surface area contributed by atoms with E-state index in [1.807, 2.05) is 6.07 Å². The molecule has 2 aromatic carbocycles. The molecule has 1 heterocycles. The summed E-state index contributed by atoms with van der Waals surface area (Å²) >= 11 is 0. The quantitative estimate of drug-likeness (QED) is 0.860. The lowest BCUT2D eigenvalue weighted by Gasteiger charge is -2.20. The van der Waals surface area contributed by atoms with Gasteiger partial charge in [-0.1, -0.05) is 30.3 Å². The molecule has 0 unspecified atom stereocenters. The molecule has 0 amide bonds. The molecular weight excluding hydrogens is 314 g/mol. The molecule has 1 aliphatic rings. The largest absolute Gasteiger partial charge is 0.486 e. The molecule has 1 aliphatic heterocycles. The highest BCUT2D eigenvalue weighted by Crippen LogP contribution is 2.30. The van der Waals surface area contributed by atoms with E-state index in [-0.39, 0.29) is 5.60 Å². The molecular formula is C21H27NO3. The summed E-state index contributed by atoms with van der Waals surface area (Å²) in [6.07, 6.45) is 0. The van der Waals surface area contributed by atoms with Crippen molar-refractivity contribution in [3.05, 3.63) is 59.2 Å². The molecule has 0 atom stereocenters. The van der Waals surface area contributed by atoms with Crippen LogP contribution >= 0.6 is 0 Å². The second-order valence-electron chi connectivity index (χ2n) is 7.30. The molecule has 0 saturated carbocycles. The molecule has 2 aromatic rings. The van der Waals surface area contributed by atoms with Gasteiger partial charge < -0.3 is 19.5 Å². The number of ether oxygens (including phenoxy) is 3. The summed E-state index contributed by atoms with van der Waals surface area (Å²) in [4.78, 5) is 0. The van der Waals surface area contributed by atoms with Crippen LogP contribution in [0.5, 0.6) is 11.5 Å². The third-order valence-corrected chi connectivity index (χ3v) is 3.93. The summed E-state index contributed by atoms with van der Waals surface area (Å²) in [7, 11) is 0. The van der Waals surface area contributed by atoms with E-state index in [1.54, 1.807) is 0 Å². The van der Waals surface area contributed by atoms with Crippen LogP contribution in [0.15, 0.2) is 42.5 Å². The number of benzene rings is 2. The molecule has 3 rings (SSSR count). The van der Waals surface area contributed by atoms with E-state index < -0.39 is 0 Å². The predicted molar refractivity (Wildman–Crippen MR) is 99.0 cm³/mol. The summed E-state index contributed by atoms with van der Waals surface area (Å²) in [5.41, 5.74) is 3.53. The van der Waals surface area contributed by atoms with Crippen LogP contribution in [-0.4, -0.2) is 18.8 Å². The van der Waals surface area contributed by atoms with E-state index in [0.29, 0.717) is 19.8 Å². The summed E-state index contributed by atoms with van der Waals surface area (Å²) in [5.74, 6) is 1.67. The van der Waals surface area contributed by atoms with Gasteiger partial charge in [-0.15, -0.1) is 0 Å². The van der Waals surface area contributed by atoms with E-state index in [0.717, 1.165) is 24.6 Å². The maximum atomic E-state index is 5.85. The summed E-state index contributed by atoms with van der Waals surface area (Å²) in [6.45, 7) is 9.72. The van der Waals surface area contributed by atoms with Gasteiger partial charge in [0.15, 0.2) is 11.5 Å². The minimum Gasteiger partial charge on any atom is -0.486 e. The van der Waals surface area contributed by atoms with Crippen molar-refractivity contribution < 1.29 is 14.2 Å². The highest BCUT2D eigenvalue weighted by Gasteiger charge is 2.12. The van der Waals surface area contributed by atoms with Crippen molar-refractivity contribution in [1.82, 2.24) is 5.32 Å². The maximum absolute atomic E-state index is 5.85. The Labute approximate surface area is 150 Å². The summed E-state index contributed by atoms with van der Waals surface area (Å²) < 4.78 is 17.0. The van der Waals surface area contributed by atoms with Gasteiger partial charge in [-0.3, -0.25) is 0 Å². The number of nitrogens with one attached hydrogen (secondary N) is 1. The Balaban J connectivity index is 1.52. The van der Waals surface area contributed by atoms with Crippen molar-refractivity contribution in [3.63, 3.8) is 0 Å². The SMILES string of the molecule is CC(C)(C)OCc1cccc(CNCc2ccc3c(c2)OCCO3)c1. The van der Waals surface area contributed by atoms with Crippen LogP contribution in [0.2, 0.25) is 0 Å². The highest BCUT2D eigenvalue weighted by molar-refractivity contribution is 5.43. The molecule has 0 bridgehead atoms. The monoisotopic (exact) mass is 341 g/mol. The molecule has 1 N–H and O–H groups in total. The summed E-state index contributed by atoms with van der Waals surface area (Å²) in [5, 5.41) is 3.49. The Bertz CT molecular complexity index is 707. The molecule has 134 valence electrons. The van der Waals surface area contributed by atoms with E-state index >= 15 is 0 Å². The fourth-order valence-corrected chi connectivity index (χ4v) is 2.68. The third-order valence-electron chi connectivity index (χ3n) is 3.93. The van der Waals surface area contributed by atoms with Crippen LogP contribution in [0, 0.1) is 0 Å². The Morgan fingerprint density at radius 1 is 0.880 bits per heavy atom. The van der Waals surface area contributed by atoms with Crippen molar-refractivity contribution in [3.8, 4) is 11.5 Å². The first kappa shape index (κ1) is 17.8. The average Bonchev–Trinajstić information content (AvgIpc) is 2.60. The number of hydrogen-bond donors (Lipinski definition) is 1. The van der Waals surface area contributed by atoms with Crippen molar-refractivity contribution >= 4 is 0 Å². The Morgan fingerprint density at radius 3 is 2.32 bits per heavy atom. The molecule has 0 fully saturated rings. The Morgan fingerprint density at radius 2 is 1.56 bits per heavy atom. The smallest absolute Gasteiger partial charge is 0.161 e. The van der Waals surface area contributed by atoms with Crippen LogP contribution < -0.4 is 14.8 Å². The van der Waals surface area contributed by atoms with Crippen LogP contribution in [0.25, 0.3) is 0 Å². The van der Waals surface area contributed by atoms with Gasteiger partial charge in [0, 0.05) is 13.1 Å². The van der Waals surface area contributed by atoms with Crippen molar-refractivity contribution in [1.29, 1.82) is 0 Å². The van der Waals surface area contributed by atoms with Crippen LogP contribution in [0.3, 0.4) is 0 Å². The van der Waals surface area contributed by atoms with Gasteiger partial charge in [0.1, 0.15) is 13.2 Å². The molecule has 0 radical (unpaired) electrons. The van der Waals surface area contributed by atoms with E-state index in [1.165, 1.54) is 16.7 Å². The second kappa shape index (κ2) is 7.89. The van der Waals surface area contributed by atoms with Gasteiger partial charge in [0.2, 0.25) is 0 Å². The first-order valence-corrected chi connectivity index (χ1v) is 8.81. The molecule has 0 saturated heterocycles. The van der Waals surface area contributed by atoms with Crippen LogP contribution in [0.4, 0.5) is 0 Å². The zero-order chi connectivity index (χ0) is 17.7. The standard InChI is InChI=1S/C21H27NO3/c1-21(2,3)25-15-18-6-4-5-16(11-18)13-22-14-17-7-8-19-20(12-17)24-10-9-23-19/h4-8,11-12,22H,9-10,13-15H2,1-3H3. The topological polar surface area (TPSA) is 39.7 Å². The lowest BCUT2D eigenvalue weighted by atomic mass is 10.1. The van der Waals surface area contributed by atoms with Crippen molar-refractivity contribution in [2.24, 2.45) is 0 Å². The minimum absolute atomic E-state index is 0.119. The van der Waals surface area contributed by atoms with Gasteiger partial charge >= 0.3 is 0 Å². The first-order chi connectivity index (χ1) is 12.0. The highest BCUT2D eigenvalue weighted by atomic mass is 16.6. The Hall–Kier alpha value is -2.04. The second-order valence-corrected chi connectivity index (χ2v) is 7.30. The zero-order valence-electron chi connectivity index (χ0n) is 15.3. The van der Waals surface area contributed by atoms with Crippen LogP contribution in [0.1, 0.15) is 37.5 Å². The van der Waals surface area contributed by atoms with Crippen LogP contribution in [-0.2, 0) is 24.4 Å². The normalized spacial score (nSPS) is 13.7. The lowest BCUT2D eigenvalue weighted by molar-refractivity contribution is -0.0149. The van der Waals surface area contributed by atoms with Gasteiger partial charge in [-0.05, 0) is 49.6 Å². The fraction of sp³-hybridized carbons (Fsp3) is 0.429. The molecule has 0 aliphatic carbocycles. The Kier molecular flexibility index (Phi) is 5.61.